The van der Waals surface area contributed by atoms with E-state index in [0.717, 1.165) is 24.9 Å². The molecule has 5 nitrogen and oxygen atoms in total. The summed E-state index contributed by atoms with van der Waals surface area (Å²) in [6, 6.07) is 4.08. The van der Waals surface area contributed by atoms with E-state index in [4.69, 9.17) is 10.5 Å². The van der Waals surface area contributed by atoms with Crippen molar-refractivity contribution >= 4 is 5.91 Å². The highest BCUT2D eigenvalue weighted by Crippen LogP contribution is 2.34. The van der Waals surface area contributed by atoms with Gasteiger partial charge in [0.05, 0.1) is 11.6 Å². The molecule has 0 saturated carbocycles. The van der Waals surface area contributed by atoms with E-state index in [2.05, 4.69) is 4.98 Å². The smallest absolute Gasteiger partial charge is 0.243 e. The van der Waals surface area contributed by atoms with Crippen LogP contribution < -0.4 is 5.73 Å². The third-order valence-electron chi connectivity index (χ3n) is 4.39. The molecule has 2 fully saturated rings. The topological polar surface area (TPSA) is 68.5 Å². The van der Waals surface area contributed by atoms with E-state index < -0.39 is 5.54 Å². The van der Waals surface area contributed by atoms with Gasteiger partial charge in [0.25, 0.3) is 0 Å². The van der Waals surface area contributed by atoms with E-state index in [1.807, 2.05) is 23.2 Å². The molecule has 2 N–H and O–H groups in total. The summed E-state index contributed by atoms with van der Waals surface area (Å²) in [6.45, 7) is 1.94. The lowest BCUT2D eigenvalue weighted by atomic mass is 9.89. The van der Waals surface area contributed by atoms with Gasteiger partial charge in [-0.15, -0.1) is 0 Å². The molecule has 0 spiro atoms. The Morgan fingerprint density at radius 1 is 1.45 bits per heavy atom. The molecule has 0 aliphatic carbocycles. The number of nitrogens with two attached hydrogens (primary N) is 1. The number of hydrogen-bond acceptors (Lipinski definition) is 4. The molecule has 3 heterocycles. The molecule has 0 radical (unpaired) electrons. The van der Waals surface area contributed by atoms with E-state index in [-0.39, 0.29) is 11.9 Å². The zero-order valence-corrected chi connectivity index (χ0v) is 11.6. The second-order valence-electron chi connectivity index (χ2n) is 5.71. The van der Waals surface area contributed by atoms with Crippen LogP contribution in [0.3, 0.4) is 0 Å². The first kappa shape index (κ1) is 13.5. The second-order valence-corrected chi connectivity index (χ2v) is 5.71. The number of aromatic nitrogens is 1. The number of hydrogen-bond donors (Lipinski definition) is 1. The van der Waals surface area contributed by atoms with Crippen LogP contribution >= 0.6 is 0 Å². The van der Waals surface area contributed by atoms with Crippen molar-refractivity contribution in [3.8, 4) is 0 Å². The molecule has 0 aromatic carbocycles. The maximum atomic E-state index is 12.8. The van der Waals surface area contributed by atoms with Crippen molar-refractivity contribution < 1.29 is 9.53 Å². The standard InChI is InChI=1S/C15H21N3O2/c16-15(5-9-20-10-6-15)14(19)18-8-2-4-13(18)12-3-1-7-17-11-12/h1,3,7,11,13H,2,4-6,8-10,16H2. The normalized spacial score (nSPS) is 25.6. The predicted molar refractivity (Wildman–Crippen MR) is 74.9 cm³/mol. The Morgan fingerprint density at radius 2 is 2.25 bits per heavy atom. The summed E-state index contributed by atoms with van der Waals surface area (Å²) in [4.78, 5) is 18.9. The maximum absolute atomic E-state index is 12.8. The predicted octanol–water partition coefficient (Wildman–Crippen LogP) is 1.25. The molecule has 1 atom stereocenters. The summed E-state index contributed by atoms with van der Waals surface area (Å²) in [6.07, 6.45) is 6.85. The summed E-state index contributed by atoms with van der Waals surface area (Å²) in [5, 5.41) is 0. The summed E-state index contributed by atoms with van der Waals surface area (Å²) in [7, 11) is 0. The van der Waals surface area contributed by atoms with Gasteiger partial charge >= 0.3 is 0 Å². The third kappa shape index (κ3) is 2.43. The first-order valence-corrected chi connectivity index (χ1v) is 7.28. The van der Waals surface area contributed by atoms with Gasteiger partial charge in [0.2, 0.25) is 5.91 Å². The highest BCUT2D eigenvalue weighted by molar-refractivity contribution is 5.87. The van der Waals surface area contributed by atoms with Crippen LogP contribution in [0.4, 0.5) is 0 Å². The summed E-state index contributed by atoms with van der Waals surface area (Å²) in [5.74, 6) is 0.0761. The average molecular weight is 275 g/mol. The van der Waals surface area contributed by atoms with E-state index in [9.17, 15) is 4.79 Å². The zero-order valence-electron chi connectivity index (χ0n) is 11.6. The number of amides is 1. The first-order valence-electron chi connectivity index (χ1n) is 7.28. The fourth-order valence-corrected chi connectivity index (χ4v) is 3.16. The minimum absolute atomic E-state index is 0.0761. The fraction of sp³-hybridized carbons (Fsp3) is 0.600. The van der Waals surface area contributed by atoms with Crippen LogP contribution in [0.25, 0.3) is 0 Å². The van der Waals surface area contributed by atoms with Crippen LogP contribution in [0.2, 0.25) is 0 Å². The average Bonchev–Trinajstić information content (AvgIpc) is 2.97. The number of carbonyl (C=O) groups excluding carboxylic acids is 1. The van der Waals surface area contributed by atoms with Crippen LogP contribution in [-0.2, 0) is 9.53 Å². The SMILES string of the molecule is NC1(C(=O)N2CCCC2c2cccnc2)CCOCC1. The van der Waals surface area contributed by atoms with E-state index >= 15 is 0 Å². The lowest BCUT2D eigenvalue weighted by Crippen LogP contribution is -2.57. The number of carbonyl (C=O) groups is 1. The second kappa shape index (κ2) is 5.50. The minimum Gasteiger partial charge on any atom is -0.381 e. The van der Waals surface area contributed by atoms with Gasteiger partial charge in [0.1, 0.15) is 0 Å². The molecular weight excluding hydrogens is 254 g/mol. The Kier molecular flexibility index (Phi) is 3.72. The Morgan fingerprint density at radius 3 is 2.95 bits per heavy atom. The van der Waals surface area contributed by atoms with Gasteiger partial charge in [-0.1, -0.05) is 6.07 Å². The fourth-order valence-electron chi connectivity index (χ4n) is 3.16. The van der Waals surface area contributed by atoms with Crippen molar-refractivity contribution in [1.29, 1.82) is 0 Å². The van der Waals surface area contributed by atoms with Gasteiger partial charge in [-0.2, -0.15) is 0 Å². The van der Waals surface area contributed by atoms with E-state index in [1.165, 1.54) is 0 Å². The van der Waals surface area contributed by atoms with Crippen LogP contribution in [0.5, 0.6) is 0 Å². The number of ether oxygens (including phenoxy) is 1. The Hall–Kier alpha value is -1.46. The van der Waals surface area contributed by atoms with Gasteiger partial charge < -0.3 is 15.4 Å². The van der Waals surface area contributed by atoms with Crippen LogP contribution in [0.15, 0.2) is 24.5 Å². The lowest BCUT2D eigenvalue weighted by Gasteiger charge is -2.37. The van der Waals surface area contributed by atoms with Gasteiger partial charge in [-0.3, -0.25) is 9.78 Å². The summed E-state index contributed by atoms with van der Waals surface area (Å²) >= 11 is 0. The van der Waals surface area contributed by atoms with Crippen molar-refractivity contribution in [3.63, 3.8) is 0 Å². The molecule has 1 aromatic heterocycles. The lowest BCUT2D eigenvalue weighted by molar-refractivity contribution is -0.141. The first-order chi connectivity index (χ1) is 9.71. The van der Waals surface area contributed by atoms with Gasteiger partial charge in [-0.25, -0.2) is 0 Å². The molecule has 108 valence electrons. The number of likely N-dealkylation sites (tertiary alicyclic amines) is 1. The monoisotopic (exact) mass is 275 g/mol. The molecule has 5 heteroatoms. The number of rotatable bonds is 2. The quantitative estimate of drug-likeness (QED) is 0.882. The molecule has 0 bridgehead atoms. The van der Waals surface area contributed by atoms with Crippen molar-refractivity contribution in [2.24, 2.45) is 5.73 Å². The molecule has 2 aliphatic heterocycles. The molecule has 2 saturated heterocycles. The molecule has 20 heavy (non-hydrogen) atoms. The van der Waals surface area contributed by atoms with E-state index in [1.54, 1.807) is 6.20 Å². The zero-order chi connectivity index (χ0) is 14.0. The van der Waals surface area contributed by atoms with Crippen LogP contribution in [-0.4, -0.2) is 41.1 Å². The molecule has 1 unspecified atom stereocenters. The maximum Gasteiger partial charge on any atom is 0.243 e. The highest BCUT2D eigenvalue weighted by Gasteiger charge is 2.42. The minimum atomic E-state index is -0.747. The largest absolute Gasteiger partial charge is 0.381 e. The summed E-state index contributed by atoms with van der Waals surface area (Å²) < 4.78 is 5.33. The van der Waals surface area contributed by atoms with Crippen molar-refractivity contribution in [2.45, 2.75) is 37.3 Å². The van der Waals surface area contributed by atoms with Crippen molar-refractivity contribution in [1.82, 2.24) is 9.88 Å². The Labute approximate surface area is 119 Å². The molecular formula is C15H21N3O2. The molecule has 1 aromatic rings. The van der Waals surface area contributed by atoms with Crippen LogP contribution in [0, 0.1) is 0 Å². The molecule has 3 rings (SSSR count). The highest BCUT2D eigenvalue weighted by atomic mass is 16.5. The third-order valence-corrected chi connectivity index (χ3v) is 4.39. The number of nitrogens with zero attached hydrogens (tertiary/aromatic N) is 2. The summed E-state index contributed by atoms with van der Waals surface area (Å²) in [5.41, 5.74) is 6.69. The Bertz CT molecular complexity index is 471. The molecule has 2 aliphatic rings. The van der Waals surface area contributed by atoms with Crippen molar-refractivity contribution in [2.75, 3.05) is 19.8 Å². The Balaban J connectivity index is 1.80. The van der Waals surface area contributed by atoms with Gasteiger partial charge in [0.15, 0.2) is 0 Å². The van der Waals surface area contributed by atoms with Crippen molar-refractivity contribution in [3.05, 3.63) is 30.1 Å². The van der Waals surface area contributed by atoms with Gasteiger partial charge in [-0.05, 0) is 37.3 Å². The van der Waals surface area contributed by atoms with Gasteiger partial charge in [0, 0.05) is 32.2 Å². The number of pyridine rings is 1. The van der Waals surface area contributed by atoms with E-state index in [0.29, 0.717) is 26.1 Å². The molecule has 1 amide bonds. The van der Waals surface area contributed by atoms with Crippen LogP contribution in [0.1, 0.15) is 37.3 Å².